The fourth-order valence-electron chi connectivity index (χ4n) is 1.90. The highest BCUT2D eigenvalue weighted by molar-refractivity contribution is 5.78. The van der Waals surface area contributed by atoms with Crippen molar-refractivity contribution >= 4 is 5.91 Å². The van der Waals surface area contributed by atoms with E-state index in [0.717, 1.165) is 25.8 Å². The molecule has 0 aromatic rings. The molecular formula is C11H20NO. The largest absolute Gasteiger partial charge is 0.356 e. The molecule has 0 aliphatic heterocycles. The van der Waals surface area contributed by atoms with E-state index in [2.05, 4.69) is 12.2 Å². The average Bonchev–Trinajstić information content (AvgIpc) is 2.42. The van der Waals surface area contributed by atoms with Gasteiger partial charge in [-0.25, -0.2) is 0 Å². The van der Waals surface area contributed by atoms with Crippen molar-refractivity contribution in [3.8, 4) is 0 Å². The van der Waals surface area contributed by atoms with Gasteiger partial charge in [-0.2, -0.15) is 0 Å². The lowest BCUT2D eigenvalue weighted by molar-refractivity contribution is -0.125. The van der Waals surface area contributed by atoms with Crippen LogP contribution in [-0.4, -0.2) is 12.5 Å². The summed E-state index contributed by atoms with van der Waals surface area (Å²) in [6, 6.07) is 0. The molecule has 1 aliphatic carbocycles. The lowest BCUT2D eigenvalue weighted by atomic mass is 9.99. The van der Waals surface area contributed by atoms with E-state index in [1.54, 1.807) is 0 Å². The number of carbonyl (C=O) groups excluding carboxylic acids is 1. The molecule has 0 unspecified atom stereocenters. The molecule has 0 bridgehead atoms. The number of amides is 1. The zero-order chi connectivity index (χ0) is 9.52. The molecule has 2 nitrogen and oxygen atoms in total. The van der Waals surface area contributed by atoms with Gasteiger partial charge in [-0.3, -0.25) is 4.79 Å². The summed E-state index contributed by atoms with van der Waals surface area (Å²) in [7, 11) is 0. The van der Waals surface area contributed by atoms with Gasteiger partial charge in [-0.1, -0.05) is 32.6 Å². The Labute approximate surface area is 81.1 Å². The summed E-state index contributed by atoms with van der Waals surface area (Å²) in [5, 5.41) is 2.93. The fourth-order valence-corrected chi connectivity index (χ4v) is 1.90. The molecule has 75 valence electrons. The van der Waals surface area contributed by atoms with Crippen molar-refractivity contribution in [2.24, 2.45) is 5.92 Å². The van der Waals surface area contributed by atoms with Gasteiger partial charge in [0.25, 0.3) is 0 Å². The lowest BCUT2D eigenvalue weighted by Crippen LogP contribution is -2.30. The molecule has 2 heteroatoms. The predicted molar refractivity (Wildman–Crippen MR) is 54.2 cm³/mol. The molecule has 1 radical (unpaired) electrons. The van der Waals surface area contributed by atoms with E-state index in [0.29, 0.717) is 0 Å². The number of hydrogen-bond acceptors (Lipinski definition) is 1. The predicted octanol–water partition coefficient (Wildman–Crippen LogP) is 2.30. The molecule has 1 saturated carbocycles. The summed E-state index contributed by atoms with van der Waals surface area (Å²) in [6.07, 6.45) is 8.02. The summed E-state index contributed by atoms with van der Waals surface area (Å²) in [4.78, 5) is 11.6. The number of nitrogens with one attached hydrogen (secondary N) is 1. The van der Waals surface area contributed by atoms with Gasteiger partial charge in [0.15, 0.2) is 0 Å². The Hall–Kier alpha value is -0.530. The highest BCUT2D eigenvalue weighted by Crippen LogP contribution is 2.22. The topological polar surface area (TPSA) is 29.1 Å². The van der Waals surface area contributed by atoms with Crippen molar-refractivity contribution in [3.63, 3.8) is 0 Å². The lowest BCUT2D eigenvalue weighted by Gasteiger charge is -2.13. The minimum atomic E-state index is 0.255. The molecule has 1 amide bonds. The first kappa shape index (κ1) is 10.6. The first-order valence-electron chi connectivity index (χ1n) is 5.41. The number of carbonyl (C=O) groups is 1. The summed E-state index contributed by atoms with van der Waals surface area (Å²) in [6.45, 7) is 4.44. The molecule has 1 aliphatic rings. The maximum Gasteiger partial charge on any atom is 0.223 e. The molecule has 1 rings (SSSR count). The Bertz CT molecular complexity index is 148. The summed E-state index contributed by atoms with van der Waals surface area (Å²) in [5.41, 5.74) is 0. The van der Waals surface area contributed by atoms with Crippen LogP contribution in [-0.2, 0) is 4.79 Å². The third kappa shape index (κ3) is 3.79. The Morgan fingerprint density at radius 1 is 1.23 bits per heavy atom. The van der Waals surface area contributed by atoms with Gasteiger partial charge in [0.05, 0.1) is 0 Å². The number of hydrogen-bond donors (Lipinski definition) is 1. The van der Waals surface area contributed by atoms with Gasteiger partial charge in [-0.15, -0.1) is 0 Å². The van der Waals surface area contributed by atoms with Crippen LogP contribution in [0, 0.1) is 12.8 Å². The van der Waals surface area contributed by atoms with Crippen molar-refractivity contribution in [1.82, 2.24) is 5.32 Å². The molecule has 1 N–H and O–H groups in total. The van der Waals surface area contributed by atoms with Crippen LogP contribution in [0.2, 0.25) is 0 Å². The van der Waals surface area contributed by atoms with E-state index in [1.165, 1.54) is 25.7 Å². The molecule has 0 saturated heterocycles. The zero-order valence-corrected chi connectivity index (χ0v) is 8.35. The standard InChI is InChI=1S/C11H20NO/c1-2-9-12-11(13)10-7-5-3-4-6-8-10/h10H,1-9H2,(H,12,13). The number of rotatable bonds is 3. The van der Waals surface area contributed by atoms with E-state index < -0.39 is 0 Å². The highest BCUT2D eigenvalue weighted by Gasteiger charge is 2.18. The minimum absolute atomic E-state index is 0.255. The van der Waals surface area contributed by atoms with Crippen LogP contribution in [0.1, 0.15) is 44.9 Å². The fraction of sp³-hybridized carbons (Fsp3) is 0.818. The van der Waals surface area contributed by atoms with E-state index in [1.807, 2.05) is 0 Å². The van der Waals surface area contributed by atoms with Crippen molar-refractivity contribution in [3.05, 3.63) is 6.92 Å². The first-order valence-corrected chi connectivity index (χ1v) is 5.41. The minimum Gasteiger partial charge on any atom is -0.356 e. The smallest absolute Gasteiger partial charge is 0.223 e. The average molecular weight is 182 g/mol. The molecule has 0 aromatic carbocycles. The Morgan fingerprint density at radius 3 is 2.38 bits per heavy atom. The molecular weight excluding hydrogens is 162 g/mol. The maximum absolute atomic E-state index is 11.6. The van der Waals surface area contributed by atoms with Crippen LogP contribution < -0.4 is 5.32 Å². The van der Waals surface area contributed by atoms with Crippen LogP contribution in [0.5, 0.6) is 0 Å². The van der Waals surface area contributed by atoms with Gasteiger partial charge >= 0.3 is 0 Å². The second-order valence-electron chi connectivity index (χ2n) is 3.83. The molecule has 1 fully saturated rings. The summed E-state index contributed by atoms with van der Waals surface area (Å²) in [5.74, 6) is 0.541. The third-order valence-electron chi connectivity index (χ3n) is 2.70. The Kier molecular flexibility index (Phi) is 4.87. The van der Waals surface area contributed by atoms with Crippen molar-refractivity contribution in [2.45, 2.75) is 44.9 Å². The normalized spacial score (nSPS) is 19.5. The van der Waals surface area contributed by atoms with Crippen LogP contribution >= 0.6 is 0 Å². The van der Waals surface area contributed by atoms with E-state index in [-0.39, 0.29) is 11.8 Å². The summed E-state index contributed by atoms with van der Waals surface area (Å²) < 4.78 is 0. The van der Waals surface area contributed by atoms with Gasteiger partial charge < -0.3 is 5.32 Å². The zero-order valence-electron chi connectivity index (χ0n) is 8.35. The maximum atomic E-state index is 11.6. The SMILES string of the molecule is [CH2]CCNC(=O)C1CCCCCC1. The Morgan fingerprint density at radius 2 is 1.85 bits per heavy atom. The first-order chi connectivity index (χ1) is 6.34. The molecule has 0 spiro atoms. The van der Waals surface area contributed by atoms with Gasteiger partial charge in [-0.05, 0) is 19.3 Å². The van der Waals surface area contributed by atoms with Crippen LogP contribution in [0.25, 0.3) is 0 Å². The quantitative estimate of drug-likeness (QED) is 0.667. The van der Waals surface area contributed by atoms with Gasteiger partial charge in [0, 0.05) is 12.5 Å². The van der Waals surface area contributed by atoms with E-state index in [4.69, 9.17) is 0 Å². The highest BCUT2D eigenvalue weighted by atomic mass is 16.1. The summed E-state index contributed by atoms with van der Waals surface area (Å²) >= 11 is 0. The Balaban J connectivity index is 2.26. The van der Waals surface area contributed by atoms with Crippen LogP contribution in [0.3, 0.4) is 0 Å². The monoisotopic (exact) mass is 182 g/mol. The van der Waals surface area contributed by atoms with Crippen molar-refractivity contribution < 1.29 is 4.79 Å². The molecule has 0 atom stereocenters. The van der Waals surface area contributed by atoms with Crippen molar-refractivity contribution in [2.75, 3.05) is 6.54 Å². The van der Waals surface area contributed by atoms with Gasteiger partial charge in [0.2, 0.25) is 5.91 Å². The van der Waals surface area contributed by atoms with E-state index >= 15 is 0 Å². The van der Waals surface area contributed by atoms with Crippen LogP contribution in [0.4, 0.5) is 0 Å². The molecule has 13 heavy (non-hydrogen) atoms. The third-order valence-corrected chi connectivity index (χ3v) is 2.70. The van der Waals surface area contributed by atoms with Crippen LogP contribution in [0.15, 0.2) is 0 Å². The molecule has 0 aromatic heterocycles. The molecule has 0 heterocycles. The van der Waals surface area contributed by atoms with Crippen molar-refractivity contribution in [1.29, 1.82) is 0 Å². The van der Waals surface area contributed by atoms with Gasteiger partial charge in [0.1, 0.15) is 0 Å². The van der Waals surface area contributed by atoms with E-state index in [9.17, 15) is 4.79 Å². The second-order valence-corrected chi connectivity index (χ2v) is 3.83. The second kappa shape index (κ2) is 6.01.